The number of β-amino-alcohol motifs (C(OH)–C–C–N with tert-alkyl or cyclic N) is 1. The minimum Gasteiger partial charge on any atom is -0.391 e. The van der Waals surface area contributed by atoms with Crippen molar-refractivity contribution in [3.63, 3.8) is 0 Å². The highest BCUT2D eigenvalue weighted by molar-refractivity contribution is 5.94. The Kier molecular flexibility index (Phi) is 7.20. The predicted octanol–water partition coefficient (Wildman–Crippen LogP) is 3.22. The number of rotatable bonds is 6. The average Bonchev–Trinajstić information content (AvgIpc) is 2.79. The largest absolute Gasteiger partial charge is 0.391 e. The Morgan fingerprint density at radius 2 is 1.84 bits per heavy atom. The van der Waals surface area contributed by atoms with Crippen LogP contribution in [-0.2, 0) is 6.42 Å². The number of hydrogen-bond donors (Lipinski definition) is 2. The number of nitrogens with zero attached hydrogens (tertiary/aromatic N) is 2. The predicted molar refractivity (Wildman–Crippen MR) is 121 cm³/mol. The third-order valence-electron chi connectivity index (χ3n) is 6.39. The smallest absolute Gasteiger partial charge is 0.253 e. The van der Waals surface area contributed by atoms with Gasteiger partial charge < -0.3 is 20.2 Å². The van der Waals surface area contributed by atoms with Gasteiger partial charge in [-0.05, 0) is 80.6 Å². The number of aliphatic hydroxyl groups excluding tert-OH is 1. The summed E-state index contributed by atoms with van der Waals surface area (Å²) in [4.78, 5) is 16.8. The van der Waals surface area contributed by atoms with E-state index in [1.807, 2.05) is 30.3 Å². The first-order valence-corrected chi connectivity index (χ1v) is 11.4. The van der Waals surface area contributed by atoms with E-state index in [4.69, 9.17) is 0 Å². The molecule has 2 saturated heterocycles. The minimum absolute atomic E-state index is 0.00602. The van der Waals surface area contributed by atoms with Crippen molar-refractivity contribution >= 4 is 11.6 Å². The molecule has 2 aliphatic heterocycles. The van der Waals surface area contributed by atoms with Gasteiger partial charge >= 0.3 is 0 Å². The lowest BCUT2D eigenvalue weighted by Gasteiger charge is -2.34. The molecule has 4 rings (SSSR count). The molecule has 0 bridgehead atoms. The summed E-state index contributed by atoms with van der Waals surface area (Å²) in [5.41, 5.74) is 2.86. The van der Waals surface area contributed by atoms with Crippen molar-refractivity contribution in [3.05, 3.63) is 65.5 Å². The molecular formula is C25H32FN3O2. The number of hydrogen-bond acceptors (Lipinski definition) is 4. The minimum atomic E-state index is -0.402. The second-order valence-electron chi connectivity index (χ2n) is 8.69. The maximum absolute atomic E-state index is 13.3. The molecule has 2 heterocycles. The zero-order chi connectivity index (χ0) is 21.6. The zero-order valence-electron chi connectivity index (χ0n) is 18.0. The molecule has 1 atom stereocenters. The van der Waals surface area contributed by atoms with Gasteiger partial charge in [-0.1, -0.05) is 12.1 Å². The molecular weight excluding hydrogens is 393 g/mol. The van der Waals surface area contributed by atoms with E-state index in [1.165, 1.54) is 6.07 Å². The summed E-state index contributed by atoms with van der Waals surface area (Å²) in [6.07, 6.45) is 4.20. The van der Waals surface area contributed by atoms with E-state index < -0.39 is 6.10 Å². The van der Waals surface area contributed by atoms with Crippen molar-refractivity contribution in [1.82, 2.24) is 10.2 Å². The fraction of sp³-hybridized carbons (Fsp3) is 0.480. The van der Waals surface area contributed by atoms with Gasteiger partial charge in [0.1, 0.15) is 5.82 Å². The Morgan fingerprint density at radius 1 is 1.06 bits per heavy atom. The van der Waals surface area contributed by atoms with Crippen LogP contribution in [0.25, 0.3) is 0 Å². The maximum Gasteiger partial charge on any atom is 0.253 e. The lowest BCUT2D eigenvalue weighted by Crippen LogP contribution is -2.43. The van der Waals surface area contributed by atoms with Crippen molar-refractivity contribution in [3.8, 4) is 0 Å². The topological polar surface area (TPSA) is 55.8 Å². The van der Waals surface area contributed by atoms with E-state index in [0.29, 0.717) is 18.2 Å². The van der Waals surface area contributed by atoms with Crippen LogP contribution >= 0.6 is 0 Å². The van der Waals surface area contributed by atoms with Crippen LogP contribution in [0.2, 0.25) is 0 Å². The Labute approximate surface area is 183 Å². The van der Waals surface area contributed by atoms with Crippen LogP contribution in [0.4, 0.5) is 10.1 Å². The Hall–Kier alpha value is -2.44. The summed E-state index contributed by atoms with van der Waals surface area (Å²) in [7, 11) is 0. The number of nitrogens with one attached hydrogen (secondary N) is 1. The summed E-state index contributed by atoms with van der Waals surface area (Å²) in [5, 5.41) is 13.4. The quantitative estimate of drug-likeness (QED) is 0.746. The van der Waals surface area contributed by atoms with Crippen LogP contribution in [-0.4, -0.2) is 60.8 Å². The van der Waals surface area contributed by atoms with Gasteiger partial charge in [0.25, 0.3) is 5.91 Å². The van der Waals surface area contributed by atoms with Crippen molar-refractivity contribution in [1.29, 1.82) is 0 Å². The molecule has 0 aliphatic carbocycles. The molecule has 0 unspecified atom stereocenters. The standard InChI is InChI=1S/C25H32FN3O2/c26-21-4-1-3-19(17-21)10-13-27-22-11-15-28(16-12-22)23-8-6-20(7-9-23)25(31)29-14-2-5-24(30)18-29/h1,3-4,6-9,17,22,24,27,30H,2,5,10-16,18H2/t24-/m0/s1. The molecule has 2 aromatic carbocycles. The van der Waals surface area contributed by atoms with Crippen LogP contribution in [0.5, 0.6) is 0 Å². The van der Waals surface area contributed by atoms with Gasteiger partial charge in [-0.25, -0.2) is 4.39 Å². The number of likely N-dealkylation sites (tertiary alicyclic amines) is 1. The van der Waals surface area contributed by atoms with Crippen molar-refractivity contribution in [2.45, 2.75) is 44.2 Å². The summed E-state index contributed by atoms with van der Waals surface area (Å²) in [6, 6.07) is 15.2. The van der Waals surface area contributed by atoms with E-state index in [2.05, 4.69) is 10.2 Å². The van der Waals surface area contributed by atoms with E-state index in [9.17, 15) is 14.3 Å². The fourth-order valence-corrected chi connectivity index (χ4v) is 4.59. The number of amides is 1. The van der Waals surface area contributed by atoms with Gasteiger partial charge in [-0.2, -0.15) is 0 Å². The molecule has 166 valence electrons. The molecule has 2 aromatic rings. The average molecular weight is 426 g/mol. The highest BCUT2D eigenvalue weighted by Gasteiger charge is 2.24. The first-order chi connectivity index (χ1) is 15.1. The molecule has 6 heteroatoms. The first-order valence-electron chi connectivity index (χ1n) is 11.4. The number of piperidine rings is 2. The Balaban J connectivity index is 1.23. The highest BCUT2D eigenvalue weighted by atomic mass is 19.1. The fourth-order valence-electron chi connectivity index (χ4n) is 4.59. The van der Waals surface area contributed by atoms with Crippen molar-refractivity contribution < 1.29 is 14.3 Å². The van der Waals surface area contributed by atoms with Crippen molar-refractivity contribution in [2.24, 2.45) is 0 Å². The van der Waals surface area contributed by atoms with Gasteiger partial charge in [0.2, 0.25) is 0 Å². The summed E-state index contributed by atoms with van der Waals surface area (Å²) in [6.45, 7) is 3.96. The molecule has 5 nitrogen and oxygen atoms in total. The summed E-state index contributed by atoms with van der Waals surface area (Å²) in [5.74, 6) is -0.168. The van der Waals surface area contributed by atoms with E-state index in [1.54, 1.807) is 17.0 Å². The second-order valence-corrected chi connectivity index (χ2v) is 8.69. The zero-order valence-corrected chi connectivity index (χ0v) is 18.0. The van der Waals surface area contributed by atoms with Crippen LogP contribution in [0, 0.1) is 5.82 Å². The summed E-state index contributed by atoms with van der Waals surface area (Å²) >= 11 is 0. The number of halogens is 1. The van der Waals surface area contributed by atoms with E-state index in [-0.39, 0.29) is 11.7 Å². The molecule has 0 radical (unpaired) electrons. The normalized spacial score (nSPS) is 20.1. The van der Waals surface area contributed by atoms with Gasteiger partial charge in [-0.3, -0.25) is 4.79 Å². The SMILES string of the molecule is O=C(c1ccc(N2CCC(NCCc3cccc(F)c3)CC2)cc1)N1CCC[C@H](O)C1. The third kappa shape index (κ3) is 5.83. The van der Waals surface area contributed by atoms with Gasteiger partial charge in [0.05, 0.1) is 6.10 Å². The lowest BCUT2D eigenvalue weighted by atomic mass is 10.0. The number of benzene rings is 2. The monoisotopic (exact) mass is 425 g/mol. The van der Waals surface area contributed by atoms with Crippen molar-refractivity contribution in [2.75, 3.05) is 37.6 Å². The molecule has 2 N–H and O–H groups in total. The van der Waals surface area contributed by atoms with Crippen LogP contribution in [0.3, 0.4) is 0 Å². The molecule has 31 heavy (non-hydrogen) atoms. The number of carbonyl (C=O) groups excluding carboxylic acids is 1. The molecule has 0 spiro atoms. The van der Waals surface area contributed by atoms with Crippen LogP contribution in [0.1, 0.15) is 41.6 Å². The number of anilines is 1. The molecule has 0 saturated carbocycles. The molecule has 1 amide bonds. The third-order valence-corrected chi connectivity index (χ3v) is 6.39. The Bertz CT molecular complexity index is 865. The van der Waals surface area contributed by atoms with Gasteiger partial charge in [0, 0.05) is 43.5 Å². The van der Waals surface area contributed by atoms with Gasteiger partial charge in [-0.15, -0.1) is 0 Å². The summed E-state index contributed by atoms with van der Waals surface area (Å²) < 4.78 is 13.3. The van der Waals surface area contributed by atoms with E-state index >= 15 is 0 Å². The van der Waals surface area contributed by atoms with Gasteiger partial charge in [0.15, 0.2) is 0 Å². The molecule has 2 fully saturated rings. The van der Waals surface area contributed by atoms with Crippen LogP contribution in [0.15, 0.2) is 48.5 Å². The van der Waals surface area contributed by atoms with Crippen LogP contribution < -0.4 is 10.2 Å². The second kappa shape index (κ2) is 10.2. The Morgan fingerprint density at radius 3 is 2.55 bits per heavy atom. The molecule has 2 aliphatic rings. The lowest BCUT2D eigenvalue weighted by molar-refractivity contribution is 0.0474. The molecule has 0 aromatic heterocycles. The number of aliphatic hydroxyl groups is 1. The first kappa shape index (κ1) is 21.8. The highest BCUT2D eigenvalue weighted by Crippen LogP contribution is 2.22. The van der Waals surface area contributed by atoms with E-state index in [0.717, 1.165) is 69.5 Å². The maximum atomic E-state index is 13.3. The number of carbonyl (C=O) groups is 1.